The van der Waals surface area contributed by atoms with E-state index in [4.69, 9.17) is 5.11 Å². The van der Waals surface area contributed by atoms with Crippen molar-refractivity contribution >= 4 is 12.0 Å². The number of hydrogen-bond donors (Lipinski definition) is 2. The van der Waals surface area contributed by atoms with Crippen LogP contribution in [0.2, 0.25) is 0 Å². The number of nitrogens with zero attached hydrogens (tertiary/aromatic N) is 1. The van der Waals surface area contributed by atoms with Crippen LogP contribution in [-0.2, 0) is 17.6 Å². The minimum absolute atomic E-state index is 0.00836. The van der Waals surface area contributed by atoms with Gasteiger partial charge in [0, 0.05) is 19.1 Å². The maximum absolute atomic E-state index is 12.3. The number of amides is 2. The van der Waals surface area contributed by atoms with Gasteiger partial charge in [-0.05, 0) is 29.9 Å². The van der Waals surface area contributed by atoms with E-state index in [1.807, 2.05) is 19.1 Å². The number of likely N-dealkylation sites (tertiary alicyclic amines) is 1. The first-order chi connectivity index (χ1) is 10.0. The number of fused-ring (bicyclic) bond motifs is 1. The molecule has 0 saturated carbocycles. The molecule has 1 saturated heterocycles. The van der Waals surface area contributed by atoms with Gasteiger partial charge in [-0.1, -0.05) is 31.2 Å². The van der Waals surface area contributed by atoms with Gasteiger partial charge in [-0.2, -0.15) is 0 Å². The Morgan fingerprint density at radius 2 is 1.81 bits per heavy atom. The van der Waals surface area contributed by atoms with E-state index in [1.54, 1.807) is 4.90 Å². The first-order valence-electron chi connectivity index (χ1n) is 7.39. The Morgan fingerprint density at radius 1 is 1.19 bits per heavy atom. The van der Waals surface area contributed by atoms with Gasteiger partial charge in [0.2, 0.25) is 0 Å². The van der Waals surface area contributed by atoms with Gasteiger partial charge in [-0.25, -0.2) is 4.79 Å². The molecule has 1 aromatic carbocycles. The fraction of sp³-hybridized carbons (Fsp3) is 0.500. The van der Waals surface area contributed by atoms with Crippen molar-refractivity contribution in [2.24, 2.45) is 11.8 Å². The number of carboxylic acid groups (broad SMARTS) is 1. The van der Waals surface area contributed by atoms with E-state index in [-0.39, 0.29) is 18.0 Å². The van der Waals surface area contributed by atoms with Gasteiger partial charge < -0.3 is 15.3 Å². The van der Waals surface area contributed by atoms with Crippen molar-refractivity contribution in [3.05, 3.63) is 35.4 Å². The molecular weight excluding hydrogens is 268 g/mol. The summed E-state index contributed by atoms with van der Waals surface area (Å²) < 4.78 is 0. The summed E-state index contributed by atoms with van der Waals surface area (Å²) in [6.07, 6.45) is 1.71. The molecule has 2 amide bonds. The standard InChI is InChI=1S/C16H20N2O3/c1-10-8-18(9-14(10)15(19)20)16(21)17-13-6-11-4-2-3-5-12(11)7-13/h2-5,10,13-14H,6-9H2,1H3,(H,17,21)(H,19,20). The van der Waals surface area contributed by atoms with Gasteiger partial charge in [0.1, 0.15) is 0 Å². The van der Waals surface area contributed by atoms with Crippen LogP contribution in [0.3, 0.4) is 0 Å². The van der Waals surface area contributed by atoms with Crippen LogP contribution >= 0.6 is 0 Å². The summed E-state index contributed by atoms with van der Waals surface area (Å²) in [4.78, 5) is 25.0. The molecule has 1 heterocycles. The van der Waals surface area contributed by atoms with Gasteiger partial charge >= 0.3 is 12.0 Å². The summed E-state index contributed by atoms with van der Waals surface area (Å²) in [5, 5.41) is 12.2. The Labute approximate surface area is 123 Å². The van der Waals surface area contributed by atoms with Crippen molar-refractivity contribution in [1.29, 1.82) is 0 Å². The molecule has 2 aliphatic rings. The first-order valence-corrected chi connectivity index (χ1v) is 7.39. The molecule has 3 rings (SSSR count). The van der Waals surface area contributed by atoms with E-state index >= 15 is 0 Å². The van der Waals surface area contributed by atoms with Gasteiger partial charge in [0.25, 0.3) is 0 Å². The van der Waals surface area contributed by atoms with Crippen LogP contribution < -0.4 is 5.32 Å². The van der Waals surface area contributed by atoms with Crippen LogP contribution in [0.5, 0.6) is 0 Å². The molecule has 21 heavy (non-hydrogen) atoms. The molecule has 0 radical (unpaired) electrons. The minimum Gasteiger partial charge on any atom is -0.481 e. The lowest BCUT2D eigenvalue weighted by Crippen LogP contribution is -2.44. The SMILES string of the molecule is CC1CN(C(=O)NC2Cc3ccccc3C2)CC1C(=O)O. The number of benzene rings is 1. The molecule has 1 aliphatic heterocycles. The van der Waals surface area contributed by atoms with Crippen LogP contribution in [0.25, 0.3) is 0 Å². The highest BCUT2D eigenvalue weighted by Gasteiger charge is 2.37. The summed E-state index contributed by atoms with van der Waals surface area (Å²) in [5.41, 5.74) is 2.59. The smallest absolute Gasteiger partial charge is 0.317 e. The molecule has 0 aromatic heterocycles. The second-order valence-electron chi connectivity index (χ2n) is 6.15. The summed E-state index contributed by atoms with van der Waals surface area (Å²) >= 11 is 0. The predicted octanol–water partition coefficient (Wildman–Crippen LogP) is 1.52. The van der Waals surface area contributed by atoms with Crippen LogP contribution in [0.4, 0.5) is 4.79 Å². The second-order valence-corrected chi connectivity index (χ2v) is 6.15. The van der Waals surface area contributed by atoms with Crippen LogP contribution in [0, 0.1) is 11.8 Å². The maximum Gasteiger partial charge on any atom is 0.317 e. The first kappa shape index (κ1) is 13.9. The largest absolute Gasteiger partial charge is 0.481 e. The van der Waals surface area contributed by atoms with E-state index in [1.165, 1.54) is 11.1 Å². The molecule has 5 heteroatoms. The fourth-order valence-electron chi connectivity index (χ4n) is 3.38. The van der Waals surface area contributed by atoms with Gasteiger partial charge in [0.05, 0.1) is 5.92 Å². The lowest BCUT2D eigenvalue weighted by atomic mass is 9.99. The molecule has 2 unspecified atom stereocenters. The highest BCUT2D eigenvalue weighted by Crippen LogP contribution is 2.25. The number of aliphatic carboxylic acids is 1. The maximum atomic E-state index is 12.3. The minimum atomic E-state index is -0.814. The van der Waals surface area contributed by atoms with Crippen molar-refractivity contribution in [2.75, 3.05) is 13.1 Å². The fourth-order valence-corrected chi connectivity index (χ4v) is 3.38. The van der Waals surface area contributed by atoms with E-state index in [0.29, 0.717) is 13.1 Å². The third-order valence-corrected chi connectivity index (χ3v) is 4.60. The molecule has 5 nitrogen and oxygen atoms in total. The second kappa shape index (κ2) is 5.39. The van der Waals surface area contributed by atoms with Crippen molar-refractivity contribution in [3.8, 4) is 0 Å². The Balaban J connectivity index is 1.58. The lowest BCUT2D eigenvalue weighted by molar-refractivity contribution is -0.142. The number of carbonyl (C=O) groups is 2. The van der Waals surface area contributed by atoms with Crippen molar-refractivity contribution in [1.82, 2.24) is 10.2 Å². The molecular formula is C16H20N2O3. The van der Waals surface area contributed by atoms with Crippen molar-refractivity contribution < 1.29 is 14.7 Å². The highest BCUT2D eigenvalue weighted by atomic mass is 16.4. The molecule has 0 bridgehead atoms. The Morgan fingerprint density at radius 3 is 2.33 bits per heavy atom. The number of carboxylic acids is 1. The molecule has 1 fully saturated rings. The van der Waals surface area contributed by atoms with E-state index in [2.05, 4.69) is 17.4 Å². The van der Waals surface area contributed by atoms with Gasteiger partial charge in [-0.3, -0.25) is 4.79 Å². The Bertz CT molecular complexity index is 547. The predicted molar refractivity (Wildman–Crippen MR) is 78.0 cm³/mol. The molecule has 2 atom stereocenters. The molecule has 0 spiro atoms. The third kappa shape index (κ3) is 2.73. The van der Waals surface area contributed by atoms with Crippen molar-refractivity contribution in [3.63, 3.8) is 0 Å². The Hall–Kier alpha value is -2.04. The van der Waals surface area contributed by atoms with Crippen LogP contribution in [0.1, 0.15) is 18.1 Å². The number of nitrogens with one attached hydrogen (secondary N) is 1. The van der Waals surface area contributed by atoms with Crippen LogP contribution in [-0.4, -0.2) is 41.1 Å². The third-order valence-electron chi connectivity index (χ3n) is 4.60. The number of carbonyl (C=O) groups excluding carboxylic acids is 1. The average molecular weight is 288 g/mol. The zero-order valence-corrected chi connectivity index (χ0v) is 12.1. The van der Waals surface area contributed by atoms with Gasteiger partial charge in [0.15, 0.2) is 0 Å². The van der Waals surface area contributed by atoms with Crippen molar-refractivity contribution in [2.45, 2.75) is 25.8 Å². The van der Waals surface area contributed by atoms with E-state index in [9.17, 15) is 9.59 Å². The lowest BCUT2D eigenvalue weighted by Gasteiger charge is -2.20. The zero-order valence-electron chi connectivity index (χ0n) is 12.1. The summed E-state index contributed by atoms with van der Waals surface area (Å²) in [6, 6.07) is 8.21. The van der Waals surface area contributed by atoms with Gasteiger partial charge in [-0.15, -0.1) is 0 Å². The summed E-state index contributed by atoms with van der Waals surface area (Å²) in [6.45, 7) is 2.71. The normalized spacial score (nSPS) is 24.9. The van der Waals surface area contributed by atoms with E-state index in [0.717, 1.165) is 12.8 Å². The highest BCUT2D eigenvalue weighted by molar-refractivity contribution is 5.78. The molecule has 112 valence electrons. The number of rotatable bonds is 2. The summed E-state index contributed by atoms with van der Waals surface area (Å²) in [7, 11) is 0. The summed E-state index contributed by atoms with van der Waals surface area (Å²) in [5.74, 6) is -1.25. The monoisotopic (exact) mass is 288 g/mol. The van der Waals surface area contributed by atoms with Crippen LogP contribution in [0.15, 0.2) is 24.3 Å². The molecule has 2 N–H and O–H groups in total. The quantitative estimate of drug-likeness (QED) is 0.867. The molecule has 1 aromatic rings. The topological polar surface area (TPSA) is 69.6 Å². The van der Waals surface area contributed by atoms with E-state index < -0.39 is 11.9 Å². The average Bonchev–Trinajstić information content (AvgIpc) is 3.01. The number of urea groups is 1. The molecule has 1 aliphatic carbocycles. The number of hydrogen-bond acceptors (Lipinski definition) is 2. The zero-order chi connectivity index (χ0) is 15.0. The Kier molecular flexibility index (Phi) is 3.57.